The number of fused-ring (bicyclic) bond motifs is 2. The molecule has 2 aliphatic carbocycles. The van der Waals surface area contributed by atoms with Gasteiger partial charge in [0.25, 0.3) is 0 Å². The van der Waals surface area contributed by atoms with E-state index < -0.39 is 21.4 Å². The van der Waals surface area contributed by atoms with Crippen molar-refractivity contribution in [3.8, 4) is 0 Å². The van der Waals surface area contributed by atoms with Crippen LogP contribution in [0.25, 0.3) is 0 Å². The summed E-state index contributed by atoms with van der Waals surface area (Å²) < 4.78 is 32.8. The van der Waals surface area contributed by atoms with Crippen molar-refractivity contribution in [1.82, 2.24) is 9.29 Å². The van der Waals surface area contributed by atoms with Crippen LogP contribution in [0, 0.1) is 16.7 Å². The zero-order chi connectivity index (χ0) is 20.7. The largest absolute Gasteiger partial charge is 0.464 e. The van der Waals surface area contributed by atoms with Gasteiger partial charge in [0.15, 0.2) is 5.69 Å². The fourth-order valence-corrected chi connectivity index (χ4v) is 7.93. The molecule has 2 bridgehead atoms. The average molecular weight is 429 g/mol. The molecule has 1 aromatic rings. The number of nitrogens with zero attached hydrogens (tertiary/aromatic N) is 2. The third-order valence-electron chi connectivity index (χ3n) is 6.69. The lowest BCUT2D eigenvalue weighted by molar-refractivity contribution is -0.128. The lowest BCUT2D eigenvalue weighted by Gasteiger charge is -2.37. The summed E-state index contributed by atoms with van der Waals surface area (Å²) in [7, 11) is -2.39. The Bertz CT molecular complexity index is 877. The molecular weight excluding hydrogens is 400 g/mol. The zero-order valence-electron chi connectivity index (χ0n) is 16.9. The van der Waals surface area contributed by atoms with Gasteiger partial charge in [0.2, 0.25) is 10.0 Å². The van der Waals surface area contributed by atoms with Crippen LogP contribution in [-0.4, -0.2) is 48.9 Å². The Balaban J connectivity index is 1.84. The highest BCUT2D eigenvalue weighted by Gasteiger charge is 2.65. The van der Waals surface area contributed by atoms with Crippen molar-refractivity contribution in [2.75, 3.05) is 19.4 Å². The van der Waals surface area contributed by atoms with Crippen molar-refractivity contribution >= 4 is 33.1 Å². The minimum Gasteiger partial charge on any atom is -0.464 e. The first-order valence-electron chi connectivity index (χ1n) is 9.61. The molecule has 0 N–H and O–H groups in total. The van der Waals surface area contributed by atoms with E-state index in [1.165, 1.54) is 22.8 Å². The van der Waals surface area contributed by atoms with Crippen LogP contribution in [0.15, 0.2) is 5.38 Å². The van der Waals surface area contributed by atoms with Crippen molar-refractivity contribution in [3.05, 3.63) is 16.1 Å². The van der Waals surface area contributed by atoms with Gasteiger partial charge >= 0.3 is 5.97 Å². The predicted octanol–water partition coefficient (Wildman–Crippen LogP) is 2.87. The van der Waals surface area contributed by atoms with Gasteiger partial charge in [0.05, 0.1) is 19.4 Å². The number of aromatic nitrogens is 1. The van der Waals surface area contributed by atoms with Crippen LogP contribution in [-0.2, 0) is 26.1 Å². The molecule has 0 amide bonds. The van der Waals surface area contributed by atoms with Gasteiger partial charge in [-0.2, -0.15) is 4.31 Å². The molecule has 1 aromatic heterocycles. The van der Waals surface area contributed by atoms with Crippen LogP contribution >= 0.6 is 11.3 Å². The van der Waals surface area contributed by atoms with Crippen molar-refractivity contribution in [3.63, 3.8) is 0 Å². The van der Waals surface area contributed by atoms with E-state index in [0.717, 1.165) is 6.42 Å². The van der Waals surface area contributed by atoms with Gasteiger partial charge in [-0.25, -0.2) is 18.2 Å². The molecule has 0 aliphatic heterocycles. The van der Waals surface area contributed by atoms with Crippen LogP contribution < -0.4 is 0 Å². The highest BCUT2D eigenvalue weighted by atomic mass is 32.2. The smallest absolute Gasteiger partial charge is 0.357 e. The first kappa shape index (κ1) is 21.4. The number of esters is 1. The number of methoxy groups -OCH3 is 1. The molecular formula is C19H28N2O5S2. The number of Topliss-reactive ketones (excluding diaryl/α,β-unsaturated/α-hetero) is 1. The third kappa shape index (κ3) is 3.41. The van der Waals surface area contributed by atoms with Crippen LogP contribution in [0.1, 0.15) is 62.0 Å². The van der Waals surface area contributed by atoms with Gasteiger partial charge in [0, 0.05) is 23.8 Å². The minimum absolute atomic E-state index is 0.0935. The molecule has 9 heteroatoms. The maximum absolute atomic E-state index is 13.4. The van der Waals surface area contributed by atoms with Gasteiger partial charge in [-0.1, -0.05) is 20.8 Å². The summed E-state index contributed by atoms with van der Waals surface area (Å²) in [4.78, 5) is 28.6. The molecule has 1 heterocycles. The Hall–Kier alpha value is -1.32. The van der Waals surface area contributed by atoms with Crippen LogP contribution in [0.4, 0.5) is 0 Å². The quantitative estimate of drug-likeness (QED) is 0.591. The normalized spacial score (nSPS) is 26.2. The SMILES string of the molecule is CCCN(Cc1nc(C(=O)OC)cs1)S(=O)(=O)CC12CCC(CC1=O)C2(C)C. The van der Waals surface area contributed by atoms with E-state index in [0.29, 0.717) is 30.8 Å². The number of hydrogen-bond donors (Lipinski definition) is 0. The fourth-order valence-electron chi connectivity index (χ4n) is 4.81. The summed E-state index contributed by atoms with van der Waals surface area (Å²) in [5.74, 6) is -0.314. The molecule has 0 spiro atoms. The highest BCUT2D eigenvalue weighted by molar-refractivity contribution is 7.89. The number of carbonyl (C=O) groups is 2. The van der Waals surface area contributed by atoms with Crippen molar-refractivity contribution < 1.29 is 22.7 Å². The van der Waals surface area contributed by atoms with Crippen LogP contribution in [0.3, 0.4) is 0 Å². The van der Waals surface area contributed by atoms with Crippen LogP contribution in [0.2, 0.25) is 0 Å². The Labute approximate surface area is 170 Å². The van der Waals surface area contributed by atoms with Crippen LogP contribution in [0.5, 0.6) is 0 Å². The van der Waals surface area contributed by atoms with Crippen molar-refractivity contribution in [2.24, 2.45) is 16.7 Å². The van der Waals surface area contributed by atoms with E-state index in [2.05, 4.69) is 9.72 Å². The summed E-state index contributed by atoms with van der Waals surface area (Å²) in [6, 6.07) is 0. The Morgan fingerprint density at radius 1 is 1.43 bits per heavy atom. The van der Waals surface area contributed by atoms with Gasteiger partial charge in [-0.05, 0) is 30.6 Å². The second-order valence-electron chi connectivity index (χ2n) is 8.37. The fraction of sp³-hybridized carbons (Fsp3) is 0.737. The van der Waals surface area contributed by atoms with Crippen molar-refractivity contribution in [1.29, 1.82) is 0 Å². The van der Waals surface area contributed by atoms with Gasteiger partial charge in [0.1, 0.15) is 10.8 Å². The standard InChI is InChI=1S/C19H28N2O5S2/c1-5-8-21(10-16-20-14(11-27-16)17(23)26-4)28(24,25)12-19-7-6-13(9-15(19)22)18(19,2)3/h11,13H,5-10,12H2,1-4H3. The number of carbonyl (C=O) groups excluding carboxylic acids is 2. The van der Waals surface area contributed by atoms with E-state index in [1.54, 1.807) is 5.38 Å². The molecule has 0 aromatic carbocycles. The first-order valence-corrected chi connectivity index (χ1v) is 12.1. The Morgan fingerprint density at radius 2 is 2.14 bits per heavy atom. The summed E-state index contributed by atoms with van der Waals surface area (Å²) in [5, 5.41) is 2.11. The summed E-state index contributed by atoms with van der Waals surface area (Å²) in [6.07, 6.45) is 2.70. The second kappa shape index (κ2) is 7.50. The van der Waals surface area contributed by atoms with Gasteiger partial charge < -0.3 is 4.74 Å². The summed E-state index contributed by atoms with van der Waals surface area (Å²) in [5.41, 5.74) is -0.905. The monoisotopic (exact) mass is 428 g/mol. The van der Waals surface area contributed by atoms with Gasteiger partial charge in [-0.3, -0.25) is 4.79 Å². The zero-order valence-corrected chi connectivity index (χ0v) is 18.5. The maximum atomic E-state index is 13.4. The Kier molecular flexibility index (Phi) is 5.73. The molecule has 2 unspecified atom stereocenters. The minimum atomic E-state index is -3.67. The Morgan fingerprint density at radius 3 is 2.68 bits per heavy atom. The van der Waals surface area contributed by atoms with E-state index in [1.807, 2.05) is 20.8 Å². The third-order valence-corrected chi connectivity index (χ3v) is 9.48. The molecule has 3 rings (SSSR count). The van der Waals surface area contributed by atoms with E-state index in [9.17, 15) is 18.0 Å². The molecule has 2 fully saturated rings. The lowest BCUT2D eigenvalue weighted by atomic mass is 9.70. The number of sulfonamides is 1. The molecule has 7 nitrogen and oxygen atoms in total. The number of ketones is 1. The summed E-state index contributed by atoms with van der Waals surface area (Å²) in [6.45, 7) is 6.45. The van der Waals surface area contributed by atoms with E-state index in [-0.39, 0.29) is 35.1 Å². The average Bonchev–Trinajstić information content (AvgIpc) is 3.23. The molecule has 28 heavy (non-hydrogen) atoms. The maximum Gasteiger partial charge on any atom is 0.357 e. The number of thiazole rings is 1. The second-order valence-corrected chi connectivity index (χ2v) is 11.3. The van der Waals surface area contributed by atoms with Crippen molar-refractivity contribution in [2.45, 2.75) is 53.0 Å². The predicted molar refractivity (Wildman–Crippen MR) is 107 cm³/mol. The number of ether oxygens (including phenoxy) is 1. The first-order chi connectivity index (χ1) is 13.1. The molecule has 2 atom stereocenters. The topological polar surface area (TPSA) is 93.6 Å². The highest BCUT2D eigenvalue weighted by Crippen LogP contribution is 2.64. The number of rotatable bonds is 8. The molecule has 156 valence electrons. The number of hydrogen-bond acceptors (Lipinski definition) is 7. The van der Waals surface area contributed by atoms with E-state index >= 15 is 0 Å². The molecule has 2 saturated carbocycles. The molecule has 2 aliphatic rings. The van der Waals surface area contributed by atoms with E-state index in [4.69, 9.17) is 0 Å². The lowest BCUT2D eigenvalue weighted by Crippen LogP contribution is -2.46. The molecule has 0 radical (unpaired) electrons. The molecule has 0 saturated heterocycles. The van der Waals surface area contributed by atoms with Gasteiger partial charge in [-0.15, -0.1) is 11.3 Å². The summed E-state index contributed by atoms with van der Waals surface area (Å²) >= 11 is 1.23.